The summed E-state index contributed by atoms with van der Waals surface area (Å²) in [4.78, 5) is 0. The van der Waals surface area contributed by atoms with Crippen LogP contribution in [0.4, 0.5) is 0 Å². The number of rotatable bonds is 6. The average molecular weight is 364 g/mol. The Kier molecular flexibility index (Phi) is 6.30. The Hall–Kier alpha value is -0.270. The van der Waals surface area contributed by atoms with E-state index in [9.17, 15) is 0 Å². The molecular weight excluding hydrogens is 344 g/mol. The monoisotopic (exact) mass is 366 g/mol. The molecule has 4 heteroatoms. The van der Waals surface area contributed by atoms with Gasteiger partial charge < -0.3 is 0 Å². The molecule has 3 nitrogen and oxygen atoms in total. The van der Waals surface area contributed by atoms with Gasteiger partial charge in [-0.2, -0.15) is 0 Å². The van der Waals surface area contributed by atoms with E-state index < -0.39 is 0 Å². The maximum atomic E-state index is 5.55. The normalized spacial score (nSPS) is 16.7. The van der Waals surface area contributed by atoms with Crippen molar-refractivity contribution in [3.63, 3.8) is 0 Å². The minimum absolute atomic E-state index is 0.0477. The standard InChI is InChI=1S/C14H20O3Te/c1-2-15-12-4-6-13(7-5-12)18-11-8-14-16-9-3-10-17-14/h4-7,14H,2-3,8-11H2,1H3. The molecule has 100 valence electrons. The van der Waals surface area contributed by atoms with Crippen molar-refractivity contribution in [2.75, 3.05) is 19.8 Å². The van der Waals surface area contributed by atoms with Crippen molar-refractivity contribution in [3.8, 4) is 5.75 Å². The summed E-state index contributed by atoms with van der Waals surface area (Å²) in [6, 6.07) is 8.51. The van der Waals surface area contributed by atoms with Gasteiger partial charge in [0, 0.05) is 0 Å². The molecule has 18 heavy (non-hydrogen) atoms. The van der Waals surface area contributed by atoms with Crippen molar-refractivity contribution in [1.29, 1.82) is 0 Å². The van der Waals surface area contributed by atoms with Crippen molar-refractivity contribution in [2.45, 2.75) is 30.5 Å². The quantitative estimate of drug-likeness (QED) is 0.723. The molecule has 0 unspecified atom stereocenters. The summed E-state index contributed by atoms with van der Waals surface area (Å²) in [6.07, 6.45) is 2.12. The molecule has 1 heterocycles. The van der Waals surface area contributed by atoms with Crippen LogP contribution in [0.2, 0.25) is 4.47 Å². The second-order valence-electron chi connectivity index (χ2n) is 4.07. The van der Waals surface area contributed by atoms with Crippen molar-refractivity contribution in [3.05, 3.63) is 24.3 Å². The van der Waals surface area contributed by atoms with E-state index >= 15 is 0 Å². The van der Waals surface area contributed by atoms with Crippen molar-refractivity contribution in [1.82, 2.24) is 0 Å². The van der Waals surface area contributed by atoms with E-state index in [0.29, 0.717) is 0 Å². The van der Waals surface area contributed by atoms with E-state index in [1.54, 1.807) is 0 Å². The molecule has 0 amide bonds. The maximum absolute atomic E-state index is 5.55. The topological polar surface area (TPSA) is 27.7 Å². The van der Waals surface area contributed by atoms with Gasteiger partial charge in [-0.15, -0.1) is 0 Å². The molecule has 1 saturated heterocycles. The SMILES string of the molecule is CCOc1ccc([Te]CCC2OCCCO2)cc1. The molecule has 0 saturated carbocycles. The van der Waals surface area contributed by atoms with Crippen LogP contribution < -0.4 is 8.35 Å². The number of benzene rings is 1. The van der Waals surface area contributed by atoms with Gasteiger partial charge in [-0.1, -0.05) is 0 Å². The first-order chi connectivity index (χ1) is 8.88. The van der Waals surface area contributed by atoms with E-state index in [0.717, 1.165) is 38.4 Å². The summed E-state index contributed by atoms with van der Waals surface area (Å²) in [6.45, 7) is 4.45. The average Bonchev–Trinajstić information content (AvgIpc) is 2.42. The van der Waals surface area contributed by atoms with Crippen molar-refractivity contribution in [2.24, 2.45) is 0 Å². The molecule has 0 aromatic heterocycles. The van der Waals surface area contributed by atoms with Gasteiger partial charge in [0.1, 0.15) is 0 Å². The second kappa shape index (κ2) is 8.01. The fourth-order valence-electron chi connectivity index (χ4n) is 1.78. The Labute approximate surface area is 119 Å². The van der Waals surface area contributed by atoms with Gasteiger partial charge in [0.25, 0.3) is 0 Å². The van der Waals surface area contributed by atoms with E-state index in [1.165, 1.54) is 8.08 Å². The van der Waals surface area contributed by atoms with Gasteiger partial charge in [0.05, 0.1) is 0 Å². The van der Waals surface area contributed by atoms with Crippen LogP contribution in [0.3, 0.4) is 0 Å². The summed E-state index contributed by atoms with van der Waals surface area (Å²) >= 11 is -0.121. The van der Waals surface area contributed by atoms with E-state index in [-0.39, 0.29) is 27.2 Å². The Balaban J connectivity index is 1.69. The van der Waals surface area contributed by atoms with E-state index in [4.69, 9.17) is 14.2 Å². The van der Waals surface area contributed by atoms with Crippen LogP contribution in [-0.4, -0.2) is 47.0 Å². The molecule has 0 bridgehead atoms. The van der Waals surface area contributed by atoms with Crippen LogP contribution in [0.25, 0.3) is 0 Å². The summed E-state index contributed by atoms with van der Waals surface area (Å²) in [5.74, 6) is 0.965. The Morgan fingerprint density at radius 3 is 2.61 bits per heavy atom. The third-order valence-corrected chi connectivity index (χ3v) is 5.64. The van der Waals surface area contributed by atoms with Crippen LogP contribution in [-0.2, 0) is 9.47 Å². The first-order valence-corrected chi connectivity index (χ1v) is 9.28. The van der Waals surface area contributed by atoms with Crippen LogP contribution in [0.1, 0.15) is 19.8 Å². The molecule has 1 aliphatic rings. The number of hydrogen-bond acceptors (Lipinski definition) is 3. The summed E-state index contributed by atoms with van der Waals surface area (Å²) in [5, 5.41) is 0. The fourth-order valence-corrected chi connectivity index (χ4v) is 4.27. The molecule has 1 aromatic carbocycles. The van der Waals surface area contributed by atoms with E-state index in [2.05, 4.69) is 24.3 Å². The molecule has 1 aromatic rings. The van der Waals surface area contributed by atoms with Crippen molar-refractivity contribution >= 4 is 24.5 Å². The Morgan fingerprint density at radius 2 is 1.94 bits per heavy atom. The van der Waals surface area contributed by atoms with Gasteiger partial charge in [0.15, 0.2) is 0 Å². The Morgan fingerprint density at radius 1 is 1.22 bits per heavy atom. The third kappa shape index (κ3) is 4.78. The Bertz CT molecular complexity index is 333. The number of hydrogen-bond donors (Lipinski definition) is 0. The zero-order chi connectivity index (χ0) is 12.6. The van der Waals surface area contributed by atoms with Crippen LogP contribution in [0, 0.1) is 0 Å². The fraction of sp³-hybridized carbons (Fsp3) is 0.571. The van der Waals surface area contributed by atoms with Gasteiger partial charge in [-0.05, 0) is 0 Å². The molecule has 0 aliphatic carbocycles. The molecule has 2 rings (SSSR count). The summed E-state index contributed by atoms with van der Waals surface area (Å²) in [5.41, 5.74) is 0. The predicted octanol–water partition coefficient (Wildman–Crippen LogP) is 1.99. The zero-order valence-corrected chi connectivity index (χ0v) is 13.1. The van der Waals surface area contributed by atoms with Gasteiger partial charge >= 0.3 is 119 Å². The zero-order valence-electron chi connectivity index (χ0n) is 10.8. The first-order valence-electron chi connectivity index (χ1n) is 6.47. The molecule has 0 spiro atoms. The minimum atomic E-state index is -0.121. The van der Waals surface area contributed by atoms with Gasteiger partial charge in [-0.3, -0.25) is 0 Å². The van der Waals surface area contributed by atoms with Gasteiger partial charge in [-0.25, -0.2) is 0 Å². The molecule has 1 fully saturated rings. The molecular formula is C14H20O3Te. The van der Waals surface area contributed by atoms with Crippen LogP contribution >= 0.6 is 0 Å². The number of ether oxygens (including phenoxy) is 3. The third-order valence-electron chi connectivity index (χ3n) is 2.65. The second-order valence-corrected chi connectivity index (χ2v) is 7.40. The predicted molar refractivity (Wildman–Crippen MR) is 72.7 cm³/mol. The van der Waals surface area contributed by atoms with Gasteiger partial charge in [0.2, 0.25) is 0 Å². The molecule has 0 radical (unpaired) electrons. The summed E-state index contributed by atoms with van der Waals surface area (Å²) < 4.78 is 19.2. The first kappa shape index (κ1) is 14.1. The van der Waals surface area contributed by atoms with E-state index in [1.807, 2.05) is 6.92 Å². The van der Waals surface area contributed by atoms with Crippen LogP contribution in [0.5, 0.6) is 5.75 Å². The molecule has 0 atom stereocenters. The molecule has 0 N–H and O–H groups in total. The summed E-state index contributed by atoms with van der Waals surface area (Å²) in [7, 11) is 0. The molecule has 1 aliphatic heterocycles. The van der Waals surface area contributed by atoms with Crippen molar-refractivity contribution < 1.29 is 14.2 Å². The van der Waals surface area contributed by atoms with Crippen LogP contribution in [0.15, 0.2) is 24.3 Å².